The van der Waals surface area contributed by atoms with E-state index >= 15 is 0 Å². The van der Waals surface area contributed by atoms with E-state index < -0.39 is 0 Å². The number of anilines is 1. The van der Waals surface area contributed by atoms with Gasteiger partial charge in [-0.15, -0.1) is 0 Å². The first-order chi connectivity index (χ1) is 13.2. The Bertz CT molecular complexity index is 778. The van der Waals surface area contributed by atoms with Crippen molar-refractivity contribution in [2.24, 2.45) is 5.92 Å². The van der Waals surface area contributed by atoms with E-state index in [0.717, 1.165) is 68.7 Å². The Labute approximate surface area is 166 Å². The van der Waals surface area contributed by atoms with Gasteiger partial charge in [0.25, 0.3) is 0 Å². The molecule has 0 aliphatic carbocycles. The molecule has 2 saturated heterocycles. The molecule has 4 rings (SSSR count). The first kappa shape index (κ1) is 18.7. The maximum absolute atomic E-state index is 6.63. The van der Waals surface area contributed by atoms with Gasteiger partial charge in [0.15, 0.2) is 0 Å². The number of hydrogen-bond donors (Lipinski definition) is 1. The Hall–Kier alpha value is -1.69. The van der Waals surface area contributed by atoms with Crippen molar-refractivity contribution in [2.75, 3.05) is 44.8 Å². The monoisotopic (exact) mass is 386 g/mol. The molecule has 1 atom stereocenters. The number of benzene rings is 1. The first-order valence-electron chi connectivity index (χ1n) is 9.76. The molecule has 6 heteroatoms. The second-order valence-corrected chi connectivity index (χ2v) is 8.02. The molecule has 2 aliphatic heterocycles. The van der Waals surface area contributed by atoms with E-state index in [4.69, 9.17) is 21.3 Å². The SMILES string of the molecule is COC[C@@H]1CCN(c2nccc(C3(c4ccccc4Cl)CCNCC3)n2)C1. The second kappa shape index (κ2) is 8.13. The van der Waals surface area contributed by atoms with Crippen LogP contribution >= 0.6 is 11.6 Å². The Balaban J connectivity index is 1.69. The van der Waals surface area contributed by atoms with Gasteiger partial charge in [0.05, 0.1) is 12.3 Å². The molecular formula is C21H27ClN4O. The molecule has 0 spiro atoms. The van der Waals surface area contributed by atoms with Crippen molar-refractivity contribution in [3.05, 3.63) is 52.8 Å². The zero-order valence-corrected chi connectivity index (χ0v) is 16.6. The fraction of sp³-hybridized carbons (Fsp3) is 0.524. The van der Waals surface area contributed by atoms with Crippen LogP contribution in [0.4, 0.5) is 5.95 Å². The number of nitrogens with one attached hydrogen (secondary N) is 1. The summed E-state index contributed by atoms with van der Waals surface area (Å²) in [5, 5.41) is 4.30. The average molecular weight is 387 g/mol. The summed E-state index contributed by atoms with van der Waals surface area (Å²) >= 11 is 6.63. The molecule has 2 aromatic rings. The number of hydrogen-bond acceptors (Lipinski definition) is 5. The van der Waals surface area contributed by atoms with E-state index in [0.29, 0.717) is 5.92 Å². The van der Waals surface area contributed by atoms with E-state index in [1.807, 2.05) is 18.3 Å². The number of aromatic nitrogens is 2. The molecular weight excluding hydrogens is 360 g/mol. The predicted octanol–water partition coefficient (Wildman–Crippen LogP) is 3.27. The molecule has 5 nitrogen and oxygen atoms in total. The Morgan fingerprint density at radius 1 is 1.26 bits per heavy atom. The number of methoxy groups -OCH3 is 1. The minimum absolute atomic E-state index is 0.160. The van der Waals surface area contributed by atoms with Crippen LogP contribution < -0.4 is 10.2 Å². The molecule has 0 bridgehead atoms. The third-order valence-corrected chi connectivity index (χ3v) is 6.28. The van der Waals surface area contributed by atoms with Gasteiger partial charge in [-0.25, -0.2) is 9.97 Å². The van der Waals surface area contributed by atoms with Crippen LogP contribution in [-0.2, 0) is 10.2 Å². The molecule has 0 unspecified atom stereocenters. The lowest BCUT2D eigenvalue weighted by molar-refractivity contribution is 0.161. The van der Waals surface area contributed by atoms with Gasteiger partial charge in [0, 0.05) is 42.8 Å². The minimum Gasteiger partial charge on any atom is -0.384 e. The van der Waals surface area contributed by atoms with Crippen molar-refractivity contribution in [3.63, 3.8) is 0 Å². The van der Waals surface area contributed by atoms with Gasteiger partial charge in [-0.05, 0) is 50.0 Å². The molecule has 0 saturated carbocycles. The highest BCUT2D eigenvalue weighted by atomic mass is 35.5. The third kappa shape index (κ3) is 3.68. The van der Waals surface area contributed by atoms with Gasteiger partial charge in [-0.1, -0.05) is 29.8 Å². The molecule has 1 N–H and O–H groups in total. The van der Waals surface area contributed by atoms with Crippen LogP contribution in [0, 0.1) is 5.92 Å². The largest absolute Gasteiger partial charge is 0.384 e. The summed E-state index contributed by atoms with van der Waals surface area (Å²) in [5.41, 5.74) is 2.10. The van der Waals surface area contributed by atoms with E-state index in [9.17, 15) is 0 Å². The molecule has 0 amide bonds. The molecule has 0 radical (unpaired) electrons. The van der Waals surface area contributed by atoms with Crippen LogP contribution in [0.5, 0.6) is 0 Å². The lowest BCUT2D eigenvalue weighted by atomic mass is 9.70. The van der Waals surface area contributed by atoms with E-state index in [-0.39, 0.29) is 5.41 Å². The van der Waals surface area contributed by atoms with Crippen molar-refractivity contribution >= 4 is 17.5 Å². The second-order valence-electron chi connectivity index (χ2n) is 7.61. The lowest BCUT2D eigenvalue weighted by Crippen LogP contribution is -2.41. The number of halogens is 1. The lowest BCUT2D eigenvalue weighted by Gasteiger charge is -2.38. The molecule has 1 aromatic carbocycles. The smallest absolute Gasteiger partial charge is 0.225 e. The van der Waals surface area contributed by atoms with Gasteiger partial charge in [0.2, 0.25) is 5.95 Å². The van der Waals surface area contributed by atoms with E-state index in [1.165, 1.54) is 5.56 Å². The predicted molar refractivity (Wildman–Crippen MR) is 109 cm³/mol. The Morgan fingerprint density at radius 3 is 2.85 bits per heavy atom. The number of nitrogens with zero attached hydrogens (tertiary/aromatic N) is 3. The maximum atomic E-state index is 6.63. The molecule has 144 valence electrons. The van der Waals surface area contributed by atoms with Gasteiger partial charge in [-0.2, -0.15) is 0 Å². The van der Waals surface area contributed by atoms with E-state index in [1.54, 1.807) is 7.11 Å². The van der Waals surface area contributed by atoms with Crippen molar-refractivity contribution in [3.8, 4) is 0 Å². The summed E-state index contributed by atoms with van der Waals surface area (Å²) < 4.78 is 5.33. The van der Waals surface area contributed by atoms with Crippen LogP contribution in [0.2, 0.25) is 5.02 Å². The maximum Gasteiger partial charge on any atom is 0.225 e. The van der Waals surface area contributed by atoms with Crippen molar-refractivity contribution in [1.29, 1.82) is 0 Å². The first-order valence-corrected chi connectivity index (χ1v) is 10.1. The van der Waals surface area contributed by atoms with Crippen LogP contribution in [0.3, 0.4) is 0 Å². The molecule has 2 aliphatic rings. The third-order valence-electron chi connectivity index (χ3n) is 5.95. The van der Waals surface area contributed by atoms with Gasteiger partial charge in [0.1, 0.15) is 0 Å². The summed E-state index contributed by atoms with van der Waals surface area (Å²) in [6.45, 7) is 4.66. The summed E-state index contributed by atoms with van der Waals surface area (Å²) in [7, 11) is 1.77. The highest BCUT2D eigenvalue weighted by Gasteiger charge is 2.39. The molecule has 2 fully saturated rings. The Kier molecular flexibility index (Phi) is 5.62. The van der Waals surface area contributed by atoms with Crippen LogP contribution in [0.25, 0.3) is 0 Å². The van der Waals surface area contributed by atoms with E-state index in [2.05, 4.69) is 33.4 Å². The van der Waals surface area contributed by atoms with Crippen LogP contribution in [0.1, 0.15) is 30.5 Å². The van der Waals surface area contributed by atoms with Crippen LogP contribution in [-0.4, -0.2) is 49.9 Å². The summed E-state index contributed by atoms with van der Waals surface area (Å²) in [5.74, 6) is 1.38. The van der Waals surface area contributed by atoms with Gasteiger partial charge in [-0.3, -0.25) is 0 Å². The van der Waals surface area contributed by atoms with Crippen molar-refractivity contribution in [1.82, 2.24) is 15.3 Å². The number of ether oxygens (including phenoxy) is 1. The topological polar surface area (TPSA) is 50.3 Å². The normalized spacial score (nSPS) is 22.1. The number of piperidine rings is 1. The highest BCUT2D eigenvalue weighted by Crippen LogP contribution is 2.42. The van der Waals surface area contributed by atoms with Crippen LogP contribution in [0.15, 0.2) is 36.5 Å². The van der Waals surface area contributed by atoms with Crippen molar-refractivity contribution in [2.45, 2.75) is 24.7 Å². The summed E-state index contributed by atoms with van der Waals surface area (Å²) in [4.78, 5) is 11.9. The Morgan fingerprint density at radius 2 is 2.07 bits per heavy atom. The molecule has 3 heterocycles. The molecule has 1 aromatic heterocycles. The quantitative estimate of drug-likeness (QED) is 0.854. The van der Waals surface area contributed by atoms with Gasteiger partial charge < -0.3 is 15.0 Å². The summed E-state index contributed by atoms with van der Waals surface area (Å²) in [6, 6.07) is 10.3. The summed E-state index contributed by atoms with van der Waals surface area (Å²) in [6.07, 6.45) is 5.00. The van der Waals surface area contributed by atoms with Gasteiger partial charge >= 0.3 is 0 Å². The minimum atomic E-state index is -0.160. The standard InChI is InChI=1S/C21H27ClN4O/c1-27-15-16-7-13-26(14-16)20-24-10-6-19(25-20)21(8-11-23-12-9-21)17-4-2-3-5-18(17)22/h2-6,10,16,23H,7-9,11-15H2,1H3/t16-/m1/s1. The average Bonchev–Trinajstić information content (AvgIpc) is 3.18. The highest BCUT2D eigenvalue weighted by molar-refractivity contribution is 6.31. The fourth-order valence-corrected chi connectivity index (χ4v) is 4.84. The zero-order valence-electron chi connectivity index (χ0n) is 15.8. The number of rotatable bonds is 5. The zero-order chi connectivity index (χ0) is 18.7. The fourth-order valence-electron chi connectivity index (χ4n) is 4.52. The van der Waals surface area contributed by atoms with Crippen molar-refractivity contribution < 1.29 is 4.74 Å². The molecule has 27 heavy (non-hydrogen) atoms.